The van der Waals surface area contributed by atoms with E-state index in [1.165, 1.54) is 0 Å². The molecule has 1 aliphatic rings. The molecule has 0 aliphatic carbocycles. The smallest absolute Gasteiger partial charge is 0.421 e. The second kappa shape index (κ2) is 8.20. The van der Waals surface area contributed by atoms with Crippen molar-refractivity contribution in [1.82, 2.24) is 14.7 Å². The minimum Gasteiger partial charge on any atom is -0.467 e. The predicted octanol–water partition coefficient (Wildman–Crippen LogP) is 2.27. The zero-order valence-electron chi connectivity index (χ0n) is 15.2. The van der Waals surface area contributed by atoms with E-state index in [1.54, 1.807) is 13.8 Å². The number of methoxy groups -OCH3 is 1. The maximum atomic E-state index is 13.3. The van der Waals surface area contributed by atoms with E-state index < -0.39 is 29.3 Å². The number of aromatic nitrogens is 2. The Kier molecular flexibility index (Phi) is 6.44. The van der Waals surface area contributed by atoms with E-state index in [-0.39, 0.29) is 24.5 Å². The minimum atomic E-state index is -4.81. The Morgan fingerprint density at radius 3 is 2.46 bits per heavy atom. The Labute approximate surface area is 149 Å². The molecule has 0 radical (unpaired) electrons. The van der Waals surface area contributed by atoms with E-state index in [4.69, 9.17) is 0 Å². The molecule has 1 aliphatic heterocycles. The van der Waals surface area contributed by atoms with E-state index in [9.17, 15) is 22.8 Å². The molecule has 2 heterocycles. The molecule has 0 amide bonds. The quantitative estimate of drug-likeness (QED) is 0.684. The van der Waals surface area contributed by atoms with Gasteiger partial charge in [-0.05, 0) is 37.9 Å². The number of halogens is 3. The van der Waals surface area contributed by atoms with Crippen LogP contribution >= 0.6 is 0 Å². The lowest BCUT2D eigenvalue weighted by molar-refractivity contribution is -0.147. The molecular formula is C17H24F3N3O3. The summed E-state index contributed by atoms with van der Waals surface area (Å²) in [5.41, 5.74) is -2.48. The third-order valence-corrected chi connectivity index (χ3v) is 4.39. The molecule has 26 heavy (non-hydrogen) atoms. The maximum Gasteiger partial charge on any atom is 0.421 e. The molecule has 9 heteroatoms. The normalized spacial score (nSPS) is 16.4. The van der Waals surface area contributed by atoms with Crippen LogP contribution in [-0.4, -0.2) is 47.4 Å². The number of alkyl halides is 3. The number of esters is 1. The second-order valence-corrected chi connectivity index (χ2v) is 6.91. The predicted molar refractivity (Wildman–Crippen MR) is 88.8 cm³/mol. The first-order chi connectivity index (χ1) is 12.1. The van der Waals surface area contributed by atoms with Crippen molar-refractivity contribution < 1.29 is 22.7 Å². The van der Waals surface area contributed by atoms with Crippen molar-refractivity contribution in [3.8, 4) is 0 Å². The number of rotatable bonds is 7. The van der Waals surface area contributed by atoms with Crippen LogP contribution in [0.15, 0.2) is 10.9 Å². The molecule has 1 atom stereocenters. The fraction of sp³-hybridized carbons (Fsp3) is 0.706. The third kappa shape index (κ3) is 4.84. The maximum absolute atomic E-state index is 13.3. The fourth-order valence-corrected chi connectivity index (χ4v) is 2.86. The molecule has 0 saturated carbocycles. The number of hydrogen-bond donors (Lipinski definition) is 0. The number of nitrogens with zero attached hydrogens (tertiary/aromatic N) is 3. The first-order valence-electron chi connectivity index (χ1n) is 8.63. The molecule has 6 nitrogen and oxygen atoms in total. The van der Waals surface area contributed by atoms with Crippen LogP contribution < -0.4 is 5.56 Å². The first-order valence-corrected chi connectivity index (χ1v) is 8.63. The van der Waals surface area contributed by atoms with Crippen molar-refractivity contribution in [2.75, 3.05) is 26.7 Å². The first kappa shape index (κ1) is 20.4. The molecule has 0 aromatic carbocycles. The highest BCUT2D eigenvalue weighted by molar-refractivity contribution is 5.73. The van der Waals surface area contributed by atoms with E-state index in [0.29, 0.717) is 11.2 Å². The number of ether oxygens (including phenoxy) is 1. The van der Waals surface area contributed by atoms with Gasteiger partial charge in [0.2, 0.25) is 0 Å². The topological polar surface area (TPSA) is 64.4 Å². The number of likely N-dealkylation sites (tertiary alicyclic amines) is 1. The fourth-order valence-electron chi connectivity index (χ4n) is 2.86. The van der Waals surface area contributed by atoms with E-state index >= 15 is 0 Å². The van der Waals surface area contributed by atoms with Crippen LogP contribution in [0.5, 0.6) is 0 Å². The molecule has 146 valence electrons. The summed E-state index contributed by atoms with van der Waals surface area (Å²) in [6.45, 7) is 5.99. The largest absolute Gasteiger partial charge is 0.467 e. The van der Waals surface area contributed by atoms with Crippen LogP contribution in [-0.2, 0) is 22.1 Å². The Morgan fingerprint density at radius 2 is 2.00 bits per heavy atom. The van der Waals surface area contributed by atoms with Crippen molar-refractivity contribution in [3.05, 3.63) is 27.7 Å². The Bertz CT molecular complexity index is 697. The van der Waals surface area contributed by atoms with Gasteiger partial charge in [-0.1, -0.05) is 13.8 Å². The summed E-state index contributed by atoms with van der Waals surface area (Å²) in [4.78, 5) is 26.6. The van der Waals surface area contributed by atoms with Crippen molar-refractivity contribution in [2.24, 2.45) is 5.92 Å². The standard InChI is InChI=1S/C17H24F3N3O3/c1-11(2)9-14(16(25)26-3)23-15(24)13(17(18,19)20)10-12(21-23)5-8-22-6-4-7-22/h10-11,14H,4-9H2,1-3H3/t14-/m0/s1. The molecule has 1 saturated heterocycles. The molecule has 0 spiro atoms. The summed E-state index contributed by atoms with van der Waals surface area (Å²) < 4.78 is 45.3. The van der Waals surface area contributed by atoms with Crippen LogP contribution in [0.25, 0.3) is 0 Å². The molecule has 1 fully saturated rings. The van der Waals surface area contributed by atoms with Gasteiger partial charge in [0.1, 0.15) is 5.56 Å². The minimum absolute atomic E-state index is 0.0353. The third-order valence-electron chi connectivity index (χ3n) is 4.39. The molecule has 1 aromatic rings. The highest BCUT2D eigenvalue weighted by Gasteiger charge is 2.37. The average Bonchev–Trinajstić information content (AvgIpc) is 2.50. The Morgan fingerprint density at radius 1 is 1.35 bits per heavy atom. The highest BCUT2D eigenvalue weighted by atomic mass is 19.4. The van der Waals surface area contributed by atoms with Crippen LogP contribution in [0.3, 0.4) is 0 Å². The van der Waals surface area contributed by atoms with Gasteiger partial charge < -0.3 is 9.64 Å². The number of carbonyl (C=O) groups is 1. The summed E-state index contributed by atoms with van der Waals surface area (Å²) in [5.74, 6) is -0.812. The van der Waals surface area contributed by atoms with Gasteiger partial charge in [-0.3, -0.25) is 4.79 Å². The van der Waals surface area contributed by atoms with Crippen molar-refractivity contribution >= 4 is 5.97 Å². The van der Waals surface area contributed by atoms with Gasteiger partial charge in [0.15, 0.2) is 6.04 Å². The highest BCUT2D eigenvalue weighted by Crippen LogP contribution is 2.28. The van der Waals surface area contributed by atoms with E-state index in [0.717, 1.165) is 32.7 Å². The summed E-state index contributed by atoms with van der Waals surface area (Å²) in [7, 11) is 1.14. The Balaban J connectivity index is 2.46. The zero-order valence-corrected chi connectivity index (χ0v) is 15.2. The van der Waals surface area contributed by atoms with Gasteiger partial charge in [-0.15, -0.1) is 0 Å². The SMILES string of the molecule is COC(=O)[C@H](CC(C)C)n1nc(CCN2CCC2)cc(C(F)(F)F)c1=O. The van der Waals surface area contributed by atoms with Gasteiger partial charge in [0, 0.05) is 13.0 Å². The molecule has 0 N–H and O–H groups in total. The lowest BCUT2D eigenvalue weighted by Gasteiger charge is -2.30. The lowest BCUT2D eigenvalue weighted by atomic mass is 10.0. The molecule has 2 rings (SSSR count). The number of carbonyl (C=O) groups excluding carboxylic acids is 1. The molecular weight excluding hydrogens is 351 g/mol. The Hall–Kier alpha value is -1.90. The molecule has 1 aromatic heterocycles. The second-order valence-electron chi connectivity index (χ2n) is 6.91. The lowest BCUT2D eigenvalue weighted by Crippen LogP contribution is -2.40. The summed E-state index contributed by atoms with van der Waals surface area (Å²) >= 11 is 0. The van der Waals surface area contributed by atoms with Gasteiger partial charge in [0.25, 0.3) is 5.56 Å². The van der Waals surface area contributed by atoms with Crippen LogP contribution in [0, 0.1) is 5.92 Å². The van der Waals surface area contributed by atoms with Crippen LogP contribution in [0.2, 0.25) is 0 Å². The van der Waals surface area contributed by atoms with Gasteiger partial charge in [-0.2, -0.15) is 18.3 Å². The summed E-state index contributed by atoms with van der Waals surface area (Å²) in [6, 6.07) is -0.389. The zero-order chi connectivity index (χ0) is 19.5. The molecule has 0 bridgehead atoms. The van der Waals surface area contributed by atoms with Gasteiger partial charge >= 0.3 is 12.1 Å². The average molecular weight is 375 g/mol. The van der Waals surface area contributed by atoms with Gasteiger partial charge in [-0.25, -0.2) is 9.48 Å². The summed E-state index contributed by atoms with van der Waals surface area (Å²) in [6.07, 6.45) is -3.31. The van der Waals surface area contributed by atoms with Gasteiger partial charge in [0.05, 0.1) is 12.8 Å². The molecule has 0 unspecified atom stereocenters. The van der Waals surface area contributed by atoms with E-state index in [1.807, 2.05) is 0 Å². The van der Waals surface area contributed by atoms with Crippen molar-refractivity contribution in [3.63, 3.8) is 0 Å². The van der Waals surface area contributed by atoms with Crippen LogP contribution in [0.4, 0.5) is 13.2 Å². The van der Waals surface area contributed by atoms with Crippen LogP contribution in [0.1, 0.15) is 44.0 Å². The van der Waals surface area contributed by atoms with E-state index in [2.05, 4.69) is 14.7 Å². The van der Waals surface area contributed by atoms with Crippen molar-refractivity contribution in [1.29, 1.82) is 0 Å². The van der Waals surface area contributed by atoms with Crippen molar-refractivity contribution in [2.45, 2.75) is 45.3 Å². The summed E-state index contributed by atoms with van der Waals surface area (Å²) in [5, 5.41) is 4.08. The number of hydrogen-bond acceptors (Lipinski definition) is 5. The monoisotopic (exact) mass is 375 g/mol.